The molecule has 6 nitrogen and oxygen atoms in total. The molecule has 1 N–H and O–H groups in total. The minimum Gasteiger partial charge on any atom is -0.494 e. The zero-order valence-electron chi connectivity index (χ0n) is 20.6. The van der Waals surface area contributed by atoms with Gasteiger partial charge in [-0.2, -0.15) is 5.26 Å². The quantitative estimate of drug-likeness (QED) is 0.179. The van der Waals surface area contributed by atoms with Gasteiger partial charge >= 0.3 is 0 Å². The average molecular weight is 465 g/mol. The predicted octanol–water partition coefficient (Wildman–Crippen LogP) is 6.77. The van der Waals surface area contributed by atoms with E-state index in [1.807, 2.05) is 32.0 Å². The van der Waals surface area contributed by atoms with Crippen molar-refractivity contribution >= 4 is 17.7 Å². The van der Waals surface area contributed by atoms with Crippen molar-refractivity contribution in [3.05, 3.63) is 53.6 Å². The molecule has 0 spiro atoms. The number of nitrogens with zero attached hydrogens (tertiary/aromatic N) is 1. The van der Waals surface area contributed by atoms with Gasteiger partial charge in [0.05, 0.1) is 19.8 Å². The van der Waals surface area contributed by atoms with Crippen molar-refractivity contribution < 1.29 is 19.0 Å². The molecule has 2 aromatic rings. The molecule has 0 aliphatic rings. The fourth-order valence-corrected chi connectivity index (χ4v) is 3.38. The fraction of sp³-hybridized carbons (Fsp3) is 0.429. The molecule has 0 atom stereocenters. The SMILES string of the molecule is CCCCCCCCOc1ccc(/C=C(\C#N)C(=O)Nc2ccc(OCC)cc2)cc1OCC. The van der Waals surface area contributed by atoms with Gasteiger partial charge in [-0.15, -0.1) is 0 Å². The molecule has 0 bridgehead atoms. The van der Waals surface area contributed by atoms with Gasteiger partial charge in [0, 0.05) is 5.69 Å². The Kier molecular flexibility index (Phi) is 12.1. The Morgan fingerprint density at radius 3 is 2.26 bits per heavy atom. The number of carbonyl (C=O) groups excluding carboxylic acids is 1. The number of amides is 1. The van der Waals surface area contributed by atoms with Crippen LogP contribution in [0.3, 0.4) is 0 Å². The number of nitriles is 1. The van der Waals surface area contributed by atoms with Crippen LogP contribution in [0, 0.1) is 11.3 Å². The summed E-state index contributed by atoms with van der Waals surface area (Å²) in [4.78, 5) is 12.6. The molecule has 0 unspecified atom stereocenters. The maximum Gasteiger partial charge on any atom is 0.266 e. The molecule has 0 aliphatic heterocycles. The second-order valence-corrected chi connectivity index (χ2v) is 7.84. The van der Waals surface area contributed by atoms with Crippen LogP contribution in [0.4, 0.5) is 5.69 Å². The van der Waals surface area contributed by atoms with Crippen molar-refractivity contribution in [3.63, 3.8) is 0 Å². The van der Waals surface area contributed by atoms with E-state index in [2.05, 4.69) is 12.2 Å². The van der Waals surface area contributed by atoms with Crippen LogP contribution in [0.15, 0.2) is 48.0 Å². The van der Waals surface area contributed by atoms with Crippen LogP contribution in [0.2, 0.25) is 0 Å². The minimum atomic E-state index is -0.479. The molecule has 2 rings (SSSR count). The van der Waals surface area contributed by atoms with Crippen molar-refractivity contribution in [1.29, 1.82) is 5.26 Å². The number of benzene rings is 2. The van der Waals surface area contributed by atoms with Crippen LogP contribution in [0.25, 0.3) is 6.08 Å². The first-order chi connectivity index (χ1) is 16.6. The molecule has 0 aromatic heterocycles. The van der Waals surface area contributed by atoms with E-state index in [1.165, 1.54) is 25.7 Å². The Bertz CT molecular complexity index is 961. The molecule has 0 aliphatic carbocycles. The van der Waals surface area contributed by atoms with Crippen molar-refractivity contribution in [2.24, 2.45) is 0 Å². The first-order valence-corrected chi connectivity index (χ1v) is 12.2. The molecule has 0 radical (unpaired) electrons. The van der Waals surface area contributed by atoms with Crippen molar-refractivity contribution in [2.75, 3.05) is 25.1 Å². The molecular weight excluding hydrogens is 428 g/mol. The van der Waals surface area contributed by atoms with Crippen LogP contribution >= 0.6 is 0 Å². The van der Waals surface area contributed by atoms with E-state index < -0.39 is 5.91 Å². The first kappa shape index (κ1) is 26.8. The summed E-state index contributed by atoms with van der Waals surface area (Å²) >= 11 is 0. The lowest BCUT2D eigenvalue weighted by molar-refractivity contribution is -0.112. The minimum absolute atomic E-state index is 0.00270. The van der Waals surface area contributed by atoms with Crippen LogP contribution < -0.4 is 19.5 Å². The molecule has 0 fully saturated rings. The van der Waals surface area contributed by atoms with Gasteiger partial charge in [-0.1, -0.05) is 45.1 Å². The fourth-order valence-electron chi connectivity index (χ4n) is 3.38. The Hall–Kier alpha value is -3.46. The van der Waals surface area contributed by atoms with E-state index in [9.17, 15) is 10.1 Å². The first-order valence-electron chi connectivity index (χ1n) is 12.2. The van der Waals surface area contributed by atoms with Gasteiger partial charge in [-0.05, 0) is 68.3 Å². The van der Waals surface area contributed by atoms with Gasteiger partial charge in [-0.25, -0.2) is 0 Å². The summed E-state index contributed by atoms with van der Waals surface area (Å²) in [5, 5.41) is 12.3. The van der Waals surface area contributed by atoms with Crippen LogP contribution in [-0.2, 0) is 4.79 Å². The second kappa shape index (κ2) is 15.4. The normalized spacial score (nSPS) is 10.9. The zero-order chi connectivity index (χ0) is 24.6. The molecule has 1 amide bonds. The monoisotopic (exact) mass is 464 g/mol. The third-order valence-corrected chi connectivity index (χ3v) is 5.12. The summed E-state index contributed by atoms with van der Waals surface area (Å²) in [6, 6.07) is 14.4. The highest BCUT2D eigenvalue weighted by atomic mass is 16.5. The van der Waals surface area contributed by atoms with Gasteiger partial charge in [-0.3, -0.25) is 4.79 Å². The van der Waals surface area contributed by atoms with E-state index in [4.69, 9.17) is 14.2 Å². The lowest BCUT2D eigenvalue weighted by Crippen LogP contribution is -2.13. The van der Waals surface area contributed by atoms with E-state index >= 15 is 0 Å². The second-order valence-electron chi connectivity index (χ2n) is 7.84. The van der Waals surface area contributed by atoms with Crippen molar-refractivity contribution in [3.8, 4) is 23.3 Å². The lowest BCUT2D eigenvalue weighted by Gasteiger charge is -2.13. The Morgan fingerprint density at radius 1 is 0.882 bits per heavy atom. The summed E-state index contributed by atoms with van der Waals surface area (Å²) in [5.74, 6) is 1.52. The molecule has 0 saturated heterocycles. The zero-order valence-corrected chi connectivity index (χ0v) is 20.6. The Balaban J connectivity index is 2.02. The van der Waals surface area contributed by atoms with Gasteiger partial charge in [0.1, 0.15) is 17.4 Å². The maximum atomic E-state index is 12.6. The number of nitrogens with one attached hydrogen (secondary N) is 1. The number of unbranched alkanes of at least 4 members (excludes halogenated alkanes) is 5. The van der Waals surface area contributed by atoms with Crippen LogP contribution in [0.1, 0.15) is 64.9 Å². The highest BCUT2D eigenvalue weighted by molar-refractivity contribution is 6.09. The van der Waals surface area contributed by atoms with Gasteiger partial charge < -0.3 is 19.5 Å². The molecule has 2 aromatic carbocycles. The molecule has 0 saturated carbocycles. The molecule has 6 heteroatoms. The third-order valence-electron chi connectivity index (χ3n) is 5.12. The Morgan fingerprint density at radius 2 is 1.59 bits per heavy atom. The summed E-state index contributed by atoms with van der Waals surface area (Å²) in [7, 11) is 0. The van der Waals surface area contributed by atoms with E-state index in [1.54, 1.807) is 36.4 Å². The molecule has 0 heterocycles. The smallest absolute Gasteiger partial charge is 0.266 e. The number of hydrogen-bond donors (Lipinski definition) is 1. The standard InChI is InChI=1S/C28H36N2O4/c1-4-7-8-9-10-11-18-34-26-17-12-22(20-27(26)33-6-3)19-23(21-29)28(31)30-24-13-15-25(16-14-24)32-5-2/h12-17,19-20H,4-11,18H2,1-3H3,(H,30,31)/b23-19+. The summed E-state index contributed by atoms with van der Waals surface area (Å²) in [6.45, 7) is 7.72. The summed E-state index contributed by atoms with van der Waals surface area (Å²) in [5.41, 5.74) is 1.27. The largest absolute Gasteiger partial charge is 0.494 e. The number of hydrogen-bond acceptors (Lipinski definition) is 5. The predicted molar refractivity (Wildman–Crippen MR) is 136 cm³/mol. The van der Waals surface area contributed by atoms with Crippen molar-refractivity contribution in [1.82, 2.24) is 0 Å². The van der Waals surface area contributed by atoms with Gasteiger partial charge in [0.2, 0.25) is 0 Å². The average Bonchev–Trinajstić information content (AvgIpc) is 2.84. The highest BCUT2D eigenvalue weighted by Crippen LogP contribution is 2.30. The lowest BCUT2D eigenvalue weighted by atomic mass is 10.1. The van der Waals surface area contributed by atoms with Crippen LogP contribution in [0.5, 0.6) is 17.2 Å². The van der Waals surface area contributed by atoms with Gasteiger partial charge in [0.15, 0.2) is 11.5 Å². The van der Waals surface area contributed by atoms with Crippen LogP contribution in [-0.4, -0.2) is 25.7 Å². The maximum absolute atomic E-state index is 12.6. The highest BCUT2D eigenvalue weighted by Gasteiger charge is 2.12. The van der Waals surface area contributed by atoms with E-state index in [-0.39, 0.29) is 5.57 Å². The topological polar surface area (TPSA) is 80.6 Å². The number of rotatable bonds is 15. The van der Waals surface area contributed by atoms with Gasteiger partial charge in [0.25, 0.3) is 5.91 Å². The number of anilines is 1. The van der Waals surface area contributed by atoms with E-state index in [0.717, 1.165) is 18.6 Å². The molecule has 182 valence electrons. The van der Waals surface area contributed by atoms with Crippen molar-refractivity contribution in [2.45, 2.75) is 59.3 Å². The number of carbonyl (C=O) groups is 1. The molecular formula is C28H36N2O4. The molecule has 34 heavy (non-hydrogen) atoms. The third kappa shape index (κ3) is 9.19. The summed E-state index contributed by atoms with van der Waals surface area (Å²) < 4.78 is 17.1. The Labute approximate surface area is 203 Å². The summed E-state index contributed by atoms with van der Waals surface area (Å²) in [6.07, 6.45) is 8.73. The number of ether oxygens (including phenoxy) is 3. The van der Waals surface area contributed by atoms with E-state index in [0.29, 0.717) is 42.6 Å².